The van der Waals surface area contributed by atoms with Gasteiger partial charge in [0.1, 0.15) is 11.5 Å². The molecule has 3 rings (SSSR count). The van der Waals surface area contributed by atoms with Crippen molar-refractivity contribution in [2.45, 2.75) is 77.8 Å². The van der Waals surface area contributed by atoms with Crippen LogP contribution in [-0.4, -0.2) is 33.7 Å². The molecule has 0 bridgehead atoms. The molecule has 158 valence electrons. The summed E-state index contributed by atoms with van der Waals surface area (Å²) in [5.41, 5.74) is 0.265. The third-order valence-corrected chi connectivity index (χ3v) is 11.2. The molecule has 1 aliphatic heterocycles. The normalized spacial score (nSPS) is 18.9. The molecule has 29 heavy (non-hydrogen) atoms. The first-order valence-corrected chi connectivity index (χ1v) is 13.2. The summed E-state index contributed by atoms with van der Waals surface area (Å²) in [5, 5.41) is 2.24. The fraction of sp³-hybridized carbons (Fsp3) is 0.565. The fourth-order valence-electron chi connectivity index (χ4n) is 3.07. The molecule has 1 saturated heterocycles. The van der Waals surface area contributed by atoms with Gasteiger partial charge in [0.15, 0.2) is 0 Å². The molecule has 1 fully saturated rings. The zero-order valence-electron chi connectivity index (χ0n) is 19.6. The van der Waals surface area contributed by atoms with E-state index in [1.807, 2.05) is 12.1 Å². The van der Waals surface area contributed by atoms with Gasteiger partial charge in [-0.05, 0) is 62.7 Å². The lowest BCUT2D eigenvalue weighted by Gasteiger charge is -2.37. The summed E-state index contributed by atoms with van der Waals surface area (Å²) in [6.07, 6.45) is 0. The second-order valence-electron chi connectivity index (χ2n) is 10.6. The lowest BCUT2D eigenvalue weighted by atomic mass is 9.78. The van der Waals surface area contributed by atoms with Gasteiger partial charge in [-0.3, -0.25) is 0 Å². The van der Waals surface area contributed by atoms with Crippen LogP contribution in [0.15, 0.2) is 30.3 Å². The van der Waals surface area contributed by atoms with Gasteiger partial charge < -0.3 is 18.5 Å². The van der Waals surface area contributed by atoms with Crippen LogP contribution in [0.3, 0.4) is 0 Å². The van der Waals surface area contributed by atoms with Gasteiger partial charge in [0.25, 0.3) is 8.32 Å². The molecule has 0 aliphatic carbocycles. The van der Waals surface area contributed by atoms with Crippen molar-refractivity contribution in [2.75, 3.05) is 7.11 Å². The lowest BCUT2D eigenvalue weighted by Crippen LogP contribution is -2.44. The third kappa shape index (κ3) is 4.07. The molecule has 0 atom stereocenters. The van der Waals surface area contributed by atoms with E-state index < -0.39 is 15.4 Å². The summed E-state index contributed by atoms with van der Waals surface area (Å²) in [5.74, 6) is 1.67. The van der Waals surface area contributed by atoms with Crippen LogP contribution in [0.1, 0.15) is 48.5 Å². The number of fused-ring (bicyclic) bond motifs is 1. The van der Waals surface area contributed by atoms with Crippen molar-refractivity contribution in [3.05, 3.63) is 30.3 Å². The predicted octanol–water partition coefficient (Wildman–Crippen LogP) is 5.53. The van der Waals surface area contributed by atoms with Gasteiger partial charge in [-0.15, -0.1) is 0 Å². The molecule has 0 unspecified atom stereocenters. The van der Waals surface area contributed by atoms with Crippen molar-refractivity contribution in [3.8, 4) is 11.5 Å². The molecule has 2 aromatic carbocycles. The van der Waals surface area contributed by atoms with E-state index in [0.717, 1.165) is 27.7 Å². The summed E-state index contributed by atoms with van der Waals surface area (Å²) >= 11 is 0. The van der Waals surface area contributed by atoms with Gasteiger partial charge in [0, 0.05) is 11.5 Å². The molecule has 0 N–H and O–H groups in total. The van der Waals surface area contributed by atoms with Crippen LogP contribution in [0.4, 0.5) is 0 Å². The Morgan fingerprint density at radius 2 is 1.52 bits per heavy atom. The number of hydrogen-bond acceptors (Lipinski definition) is 4. The van der Waals surface area contributed by atoms with Gasteiger partial charge >= 0.3 is 7.12 Å². The Bertz CT molecular complexity index is 899. The highest BCUT2D eigenvalue weighted by Gasteiger charge is 2.51. The maximum Gasteiger partial charge on any atom is 0.494 e. The van der Waals surface area contributed by atoms with Crippen molar-refractivity contribution >= 4 is 31.7 Å². The fourth-order valence-corrected chi connectivity index (χ4v) is 4.10. The van der Waals surface area contributed by atoms with Crippen molar-refractivity contribution in [2.24, 2.45) is 0 Å². The van der Waals surface area contributed by atoms with Gasteiger partial charge in [-0.1, -0.05) is 39.0 Å². The van der Waals surface area contributed by atoms with Gasteiger partial charge in [-0.25, -0.2) is 0 Å². The number of methoxy groups -OCH3 is 1. The average Bonchev–Trinajstić information content (AvgIpc) is 2.80. The minimum Gasteiger partial charge on any atom is -0.543 e. The highest BCUT2D eigenvalue weighted by molar-refractivity contribution is 6.74. The average molecular weight is 414 g/mol. The van der Waals surface area contributed by atoms with E-state index in [2.05, 4.69) is 79.8 Å². The Labute approximate surface area is 177 Å². The maximum atomic E-state index is 6.70. The molecule has 1 aliphatic rings. The molecule has 0 aromatic heterocycles. The molecule has 0 saturated carbocycles. The van der Waals surface area contributed by atoms with Crippen LogP contribution in [0.25, 0.3) is 10.8 Å². The van der Waals surface area contributed by atoms with Gasteiger partial charge in [0.2, 0.25) is 0 Å². The Kier molecular flexibility index (Phi) is 5.38. The number of hydrogen-bond donors (Lipinski definition) is 0. The second-order valence-corrected chi connectivity index (χ2v) is 15.3. The first-order chi connectivity index (χ1) is 13.2. The molecule has 0 spiro atoms. The highest BCUT2D eigenvalue weighted by Crippen LogP contribution is 2.41. The number of benzene rings is 2. The van der Waals surface area contributed by atoms with Crippen molar-refractivity contribution < 1.29 is 18.5 Å². The lowest BCUT2D eigenvalue weighted by molar-refractivity contribution is 0.00578. The predicted molar refractivity (Wildman–Crippen MR) is 124 cm³/mol. The summed E-state index contributed by atoms with van der Waals surface area (Å²) in [6, 6.07) is 10.3. The van der Waals surface area contributed by atoms with E-state index in [4.69, 9.17) is 18.5 Å². The first kappa shape index (κ1) is 22.2. The van der Waals surface area contributed by atoms with Crippen LogP contribution < -0.4 is 14.6 Å². The maximum absolute atomic E-state index is 6.70. The molecule has 2 aromatic rings. The van der Waals surface area contributed by atoms with Crippen molar-refractivity contribution in [1.82, 2.24) is 0 Å². The molecular weight excluding hydrogens is 379 g/mol. The van der Waals surface area contributed by atoms with Crippen LogP contribution in [0, 0.1) is 0 Å². The summed E-state index contributed by atoms with van der Waals surface area (Å²) in [7, 11) is -0.717. The summed E-state index contributed by atoms with van der Waals surface area (Å²) < 4.78 is 24.8. The second kappa shape index (κ2) is 7.03. The topological polar surface area (TPSA) is 36.9 Å². The minimum absolute atomic E-state index is 0.103. The van der Waals surface area contributed by atoms with E-state index >= 15 is 0 Å². The van der Waals surface area contributed by atoms with Crippen LogP contribution in [-0.2, 0) is 9.31 Å². The van der Waals surface area contributed by atoms with Crippen LogP contribution >= 0.6 is 0 Å². The number of ether oxygens (including phenoxy) is 1. The highest BCUT2D eigenvalue weighted by atomic mass is 28.4. The van der Waals surface area contributed by atoms with E-state index in [-0.39, 0.29) is 16.2 Å². The Balaban J connectivity index is 2.08. The minimum atomic E-state index is -2.01. The zero-order chi connectivity index (χ0) is 21.8. The molecule has 1 heterocycles. The van der Waals surface area contributed by atoms with Crippen molar-refractivity contribution in [1.29, 1.82) is 0 Å². The largest absolute Gasteiger partial charge is 0.543 e. The molecular formula is C23H35BO4Si. The Hall–Kier alpha value is -1.50. The monoisotopic (exact) mass is 414 g/mol. The summed E-state index contributed by atoms with van der Waals surface area (Å²) in [4.78, 5) is 0. The van der Waals surface area contributed by atoms with E-state index in [1.54, 1.807) is 7.11 Å². The molecule has 0 amide bonds. The SMILES string of the molecule is COc1cc(O[Si](C)(C)C(C)(C)C)c2cc(B3OC(C)(C)C(C)(C)O3)ccc2c1. The molecule has 0 radical (unpaired) electrons. The Morgan fingerprint density at radius 3 is 2.03 bits per heavy atom. The van der Waals surface area contributed by atoms with Gasteiger partial charge in [-0.2, -0.15) is 0 Å². The third-order valence-electron chi connectivity index (χ3n) is 6.85. The Morgan fingerprint density at radius 1 is 0.931 bits per heavy atom. The number of rotatable bonds is 4. The van der Waals surface area contributed by atoms with Crippen LogP contribution in [0.2, 0.25) is 18.1 Å². The van der Waals surface area contributed by atoms with E-state index in [0.29, 0.717) is 0 Å². The van der Waals surface area contributed by atoms with E-state index in [1.165, 1.54) is 0 Å². The summed E-state index contributed by atoms with van der Waals surface area (Å²) in [6.45, 7) is 19.6. The smallest absolute Gasteiger partial charge is 0.494 e. The zero-order valence-corrected chi connectivity index (χ0v) is 20.6. The first-order valence-electron chi connectivity index (χ1n) is 10.3. The van der Waals surface area contributed by atoms with Crippen molar-refractivity contribution in [3.63, 3.8) is 0 Å². The van der Waals surface area contributed by atoms with E-state index in [9.17, 15) is 0 Å². The molecule has 4 nitrogen and oxygen atoms in total. The van der Waals surface area contributed by atoms with Crippen LogP contribution in [0.5, 0.6) is 11.5 Å². The standard InChI is InChI=1S/C23H35BO4Si/c1-21(2,3)29(9,10)26-20-15-18(25-8)13-16-11-12-17(14-19(16)20)24-27-22(4,5)23(6,7)28-24/h11-15H,1-10H3. The molecule has 6 heteroatoms. The quantitative estimate of drug-likeness (QED) is 0.617. The van der Waals surface area contributed by atoms with Gasteiger partial charge in [0.05, 0.1) is 18.3 Å².